The van der Waals surface area contributed by atoms with Crippen molar-refractivity contribution in [1.82, 2.24) is 0 Å². The molecular formula is C14H14Te2. The minimum absolute atomic E-state index is 0.0647. The van der Waals surface area contributed by atoms with Gasteiger partial charge in [-0.3, -0.25) is 0 Å². The van der Waals surface area contributed by atoms with Crippen LogP contribution in [0, 0.1) is 13.8 Å². The molecule has 0 N–H and O–H groups in total. The fourth-order valence-corrected chi connectivity index (χ4v) is 11.7. The normalized spacial score (nSPS) is 10.4. The summed E-state index contributed by atoms with van der Waals surface area (Å²) in [6, 6.07) is 18.1. The van der Waals surface area contributed by atoms with Gasteiger partial charge in [0.05, 0.1) is 0 Å². The van der Waals surface area contributed by atoms with E-state index in [1.807, 2.05) is 0 Å². The fourth-order valence-electron chi connectivity index (χ4n) is 1.43. The molecule has 0 radical (unpaired) electrons. The second-order valence-corrected chi connectivity index (χ2v) is 13.8. The molecule has 82 valence electrons. The summed E-state index contributed by atoms with van der Waals surface area (Å²) in [4.78, 5) is 0. The molecule has 0 saturated carbocycles. The predicted octanol–water partition coefficient (Wildman–Crippen LogP) is 1.58. The van der Waals surface area contributed by atoms with E-state index < -0.39 is 0 Å². The van der Waals surface area contributed by atoms with Gasteiger partial charge in [-0.1, -0.05) is 0 Å². The van der Waals surface area contributed by atoms with Gasteiger partial charge in [-0.2, -0.15) is 0 Å². The van der Waals surface area contributed by atoms with Gasteiger partial charge in [0, 0.05) is 0 Å². The fraction of sp³-hybridized carbons (Fsp3) is 0.143. The summed E-state index contributed by atoms with van der Waals surface area (Å²) in [6.07, 6.45) is 0. The number of benzene rings is 2. The molecule has 0 aliphatic heterocycles. The number of aryl methyl sites for hydroxylation is 2. The van der Waals surface area contributed by atoms with Crippen LogP contribution in [-0.2, 0) is 0 Å². The summed E-state index contributed by atoms with van der Waals surface area (Å²) in [7, 11) is 0. The Balaban J connectivity index is 2.02. The second kappa shape index (κ2) is 6.09. The molecule has 0 bridgehead atoms. The minimum atomic E-state index is 0.0647. The Hall–Kier alpha value is 0.0192. The van der Waals surface area contributed by atoms with Gasteiger partial charge in [0.15, 0.2) is 0 Å². The van der Waals surface area contributed by atoms with Crippen LogP contribution in [0.3, 0.4) is 0 Å². The molecule has 0 aliphatic rings. The van der Waals surface area contributed by atoms with Crippen LogP contribution in [0.5, 0.6) is 0 Å². The van der Waals surface area contributed by atoms with Crippen LogP contribution in [0.25, 0.3) is 0 Å². The van der Waals surface area contributed by atoms with Gasteiger partial charge in [-0.05, 0) is 0 Å². The van der Waals surface area contributed by atoms with E-state index in [1.54, 1.807) is 7.22 Å². The molecule has 0 spiro atoms. The molecule has 0 amide bonds. The van der Waals surface area contributed by atoms with Crippen LogP contribution in [0.1, 0.15) is 11.1 Å². The summed E-state index contributed by atoms with van der Waals surface area (Å²) in [6.45, 7) is 4.37. The molecular weight excluding hydrogens is 423 g/mol. The summed E-state index contributed by atoms with van der Waals surface area (Å²) < 4.78 is 3.24. The van der Waals surface area contributed by atoms with Crippen molar-refractivity contribution in [3.63, 3.8) is 0 Å². The van der Waals surface area contributed by atoms with Crippen LogP contribution in [0.4, 0.5) is 0 Å². The van der Waals surface area contributed by atoms with Crippen LogP contribution in [0.2, 0.25) is 0 Å². The average molecular weight is 437 g/mol. The Morgan fingerprint density at radius 1 is 0.688 bits per heavy atom. The first-order valence-electron chi connectivity index (χ1n) is 5.22. The van der Waals surface area contributed by atoms with Gasteiger partial charge < -0.3 is 0 Å². The van der Waals surface area contributed by atoms with Gasteiger partial charge in [-0.25, -0.2) is 0 Å². The monoisotopic (exact) mass is 442 g/mol. The third-order valence-corrected chi connectivity index (χ3v) is 14.0. The first kappa shape index (κ1) is 12.5. The second-order valence-electron chi connectivity index (χ2n) is 3.80. The van der Waals surface area contributed by atoms with E-state index in [2.05, 4.69) is 62.4 Å². The molecule has 16 heavy (non-hydrogen) atoms. The Kier molecular flexibility index (Phi) is 4.75. The van der Waals surface area contributed by atoms with Crippen LogP contribution < -0.4 is 7.22 Å². The van der Waals surface area contributed by atoms with Crippen molar-refractivity contribution < 1.29 is 0 Å². The first-order valence-corrected chi connectivity index (χ1v) is 14.9. The van der Waals surface area contributed by atoms with E-state index in [-0.39, 0.29) is 34.1 Å². The third kappa shape index (κ3) is 3.80. The standard InChI is InChI=1S/C14H14Te2/c1-11-5-3-7-13(9-11)15-16-14-8-4-6-12(2)10-14/h3-10H,1-2H3. The molecule has 2 aromatic rings. The van der Waals surface area contributed by atoms with Crippen molar-refractivity contribution >= 4 is 41.3 Å². The Morgan fingerprint density at radius 2 is 1.12 bits per heavy atom. The zero-order valence-electron chi connectivity index (χ0n) is 9.44. The van der Waals surface area contributed by atoms with E-state index in [4.69, 9.17) is 0 Å². The van der Waals surface area contributed by atoms with Gasteiger partial charge in [0.25, 0.3) is 0 Å². The van der Waals surface area contributed by atoms with Crippen molar-refractivity contribution in [1.29, 1.82) is 0 Å². The summed E-state index contributed by atoms with van der Waals surface area (Å²) in [5.41, 5.74) is 2.80. The number of hydrogen-bond acceptors (Lipinski definition) is 0. The van der Waals surface area contributed by atoms with Gasteiger partial charge >= 0.3 is 115 Å². The van der Waals surface area contributed by atoms with Crippen LogP contribution in [-0.4, -0.2) is 34.1 Å². The molecule has 0 aromatic heterocycles. The molecule has 2 rings (SSSR count). The Labute approximate surface area is 114 Å². The quantitative estimate of drug-likeness (QED) is 0.640. The maximum absolute atomic E-state index is 2.36. The Morgan fingerprint density at radius 3 is 1.50 bits per heavy atom. The number of rotatable bonds is 3. The van der Waals surface area contributed by atoms with E-state index in [1.165, 1.54) is 11.1 Å². The van der Waals surface area contributed by atoms with Gasteiger partial charge in [0.1, 0.15) is 0 Å². The van der Waals surface area contributed by atoms with Crippen molar-refractivity contribution in [2.75, 3.05) is 0 Å². The van der Waals surface area contributed by atoms with Crippen molar-refractivity contribution in [2.45, 2.75) is 13.8 Å². The van der Waals surface area contributed by atoms with Crippen molar-refractivity contribution in [3.05, 3.63) is 59.7 Å². The topological polar surface area (TPSA) is 0 Å². The molecule has 2 aromatic carbocycles. The van der Waals surface area contributed by atoms with Crippen LogP contribution >= 0.6 is 0 Å². The first-order chi connectivity index (χ1) is 7.74. The van der Waals surface area contributed by atoms with Crippen molar-refractivity contribution in [3.8, 4) is 0 Å². The summed E-state index contributed by atoms with van der Waals surface area (Å²) >= 11 is 0.129. The molecule has 0 aliphatic carbocycles. The Bertz CT molecular complexity index is 432. The molecule has 0 heterocycles. The van der Waals surface area contributed by atoms with E-state index in [9.17, 15) is 0 Å². The molecule has 0 atom stereocenters. The number of hydrogen-bond donors (Lipinski definition) is 0. The molecule has 0 saturated heterocycles. The van der Waals surface area contributed by atoms with Gasteiger partial charge in [0.2, 0.25) is 0 Å². The zero-order valence-corrected chi connectivity index (χ0v) is 14.1. The molecule has 0 nitrogen and oxygen atoms in total. The van der Waals surface area contributed by atoms with Crippen LogP contribution in [0.15, 0.2) is 48.5 Å². The maximum atomic E-state index is 2.36. The van der Waals surface area contributed by atoms with E-state index in [0.29, 0.717) is 0 Å². The van der Waals surface area contributed by atoms with E-state index in [0.717, 1.165) is 0 Å². The zero-order chi connectivity index (χ0) is 11.4. The third-order valence-electron chi connectivity index (χ3n) is 2.21. The van der Waals surface area contributed by atoms with Crippen molar-refractivity contribution in [2.24, 2.45) is 0 Å². The summed E-state index contributed by atoms with van der Waals surface area (Å²) in [5, 5.41) is 0. The average Bonchev–Trinajstić information content (AvgIpc) is 2.27. The van der Waals surface area contributed by atoms with E-state index >= 15 is 0 Å². The van der Waals surface area contributed by atoms with Gasteiger partial charge in [-0.15, -0.1) is 0 Å². The molecule has 2 heteroatoms. The molecule has 0 fully saturated rings. The SMILES string of the molecule is Cc1cccc([Te][Te]c2cccc(C)c2)c1. The predicted molar refractivity (Wildman–Crippen MR) is 73.1 cm³/mol. The summed E-state index contributed by atoms with van der Waals surface area (Å²) in [5.74, 6) is 0. The molecule has 0 unspecified atom stereocenters.